The molecule has 0 unspecified atom stereocenters. The highest BCUT2D eigenvalue weighted by Gasteiger charge is 2.28. The predicted octanol–water partition coefficient (Wildman–Crippen LogP) is 9.27. The largest absolute Gasteiger partial charge is 0.497 e. The number of imidazole rings is 1. The van der Waals surface area contributed by atoms with Gasteiger partial charge in [-0.3, -0.25) is 27.2 Å². The first-order valence-electron chi connectivity index (χ1n) is 23.1. The molecule has 82 heavy (non-hydrogen) atoms. The highest BCUT2D eigenvalue weighted by Crippen LogP contribution is 2.45. The first-order chi connectivity index (χ1) is 38.3. The molecule has 5 aromatic carbocycles. The van der Waals surface area contributed by atoms with E-state index in [0.29, 0.717) is 16.0 Å². The second-order valence-corrected chi connectivity index (χ2v) is 27.1. The third kappa shape index (κ3) is 13.3. The van der Waals surface area contributed by atoms with Crippen molar-refractivity contribution < 1.29 is 84.5 Å². The molecule has 432 valence electrons. The third-order valence-corrected chi connectivity index (χ3v) is 18.3. The SMILES string of the molecule is COc1cc(S(=O)(=O)O)c2nc3c(C#N)c(C)c(N=Nc4cc(C)c(N=Nc5cc(C)c(N=Nc6nc7c(S(=O)(=O)O)cc8c(CO)cc(S(=O)(=O)O)cc8c7s6)cc5SCCCS(=O)(=O)O)cc4OCCCS(=O)(=O)O)c(O)n3c2c1. The minimum absolute atomic E-state index is 0.00684. The van der Waals surface area contributed by atoms with E-state index in [0.717, 1.165) is 51.8 Å². The van der Waals surface area contributed by atoms with Crippen LogP contribution in [0.5, 0.6) is 17.4 Å². The number of ether oxygens (including phenoxy) is 2. The van der Waals surface area contributed by atoms with Crippen LogP contribution in [0, 0.1) is 32.1 Å². The number of pyridine rings is 1. The summed E-state index contributed by atoms with van der Waals surface area (Å²) in [5.41, 5.74) is -0.257. The topological polar surface area (TPSA) is 459 Å². The molecule has 7 N–H and O–H groups in total. The Labute approximate surface area is 473 Å². The molecule has 0 aliphatic rings. The summed E-state index contributed by atoms with van der Waals surface area (Å²) in [7, 11) is -22.3. The van der Waals surface area contributed by atoms with Crippen LogP contribution in [0.4, 0.5) is 33.6 Å². The number of aliphatic hydroxyl groups excluding tert-OH is 1. The number of aryl methyl sites for hydroxylation is 2. The zero-order valence-corrected chi connectivity index (χ0v) is 48.2. The van der Waals surface area contributed by atoms with Crippen molar-refractivity contribution in [3.8, 4) is 23.4 Å². The maximum Gasteiger partial charge on any atom is 0.296 e. The van der Waals surface area contributed by atoms with Crippen molar-refractivity contribution in [1.29, 1.82) is 5.26 Å². The summed E-state index contributed by atoms with van der Waals surface area (Å²) in [4.78, 5) is 6.85. The van der Waals surface area contributed by atoms with Crippen molar-refractivity contribution in [3.05, 3.63) is 82.4 Å². The molecule has 0 radical (unpaired) electrons. The number of fused-ring (bicyclic) bond motifs is 6. The Morgan fingerprint density at radius 2 is 1.29 bits per heavy atom. The van der Waals surface area contributed by atoms with Gasteiger partial charge in [-0.1, -0.05) is 11.3 Å². The number of hydrogen-bond donors (Lipinski definition) is 7. The molecule has 8 aromatic rings. The fourth-order valence-corrected chi connectivity index (χ4v) is 13.1. The Bertz CT molecular complexity index is 4710. The van der Waals surface area contributed by atoms with E-state index in [-0.39, 0.29) is 125 Å². The van der Waals surface area contributed by atoms with E-state index in [1.54, 1.807) is 13.8 Å². The van der Waals surface area contributed by atoms with Crippen LogP contribution in [-0.4, -0.2) is 120 Å². The highest BCUT2D eigenvalue weighted by atomic mass is 32.2. The Hall–Kier alpha value is -7.25. The van der Waals surface area contributed by atoms with Gasteiger partial charge < -0.3 is 19.7 Å². The van der Waals surface area contributed by atoms with Crippen LogP contribution in [0.2, 0.25) is 0 Å². The Morgan fingerprint density at radius 1 is 0.683 bits per heavy atom. The number of nitriles is 1. The number of rotatable bonds is 21. The number of methoxy groups -OCH3 is 1. The van der Waals surface area contributed by atoms with Gasteiger partial charge in [0.15, 0.2) is 11.3 Å². The van der Waals surface area contributed by atoms with Gasteiger partial charge in [-0.25, -0.2) is 9.97 Å². The molecule has 3 heterocycles. The fourth-order valence-electron chi connectivity index (χ4n) is 8.13. The van der Waals surface area contributed by atoms with Gasteiger partial charge in [0, 0.05) is 34.0 Å². The summed E-state index contributed by atoms with van der Waals surface area (Å²) < 4.78 is 182. The minimum Gasteiger partial charge on any atom is -0.497 e. The van der Waals surface area contributed by atoms with Crippen molar-refractivity contribution in [3.63, 3.8) is 0 Å². The van der Waals surface area contributed by atoms with Crippen molar-refractivity contribution in [1.82, 2.24) is 14.4 Å². The lowest BCUT2D eigenvalue weighted by Gasteiger charge is -2.12. The highest BCUT2D eigenvalue weighted by molar-refractivity contribution is 7.99. The second-order valence-electron chi connectivity index (χ2n) is 17.6. The van der Waals surface area contributed by atoms with Crippen LogP contribution in [0.1, 0.15) is 40.7 Å². The fraction of sp³-hybridized carbons (Fsp3) is 0.239. The maximum atomic E-state index is 12.6. The van der Waals surface area contributed by atoms with Crippen LogP contribution < -0.4 is 9.47 Å². The van der Waals surface area contributed by atoms with E-state index >= 15 is 0 Å². The van der Waals surface area contributed by atoms with E-state index in [4.69, 9.17) is 9.47 Å². The number of thioether (sulfide) groups is 1. The van der Waals surface area contributed by atoms with Gasteiger partial charge in [0.2, 0.25) is 11.0 Å². The molecule has 3 aromatic heterocycles. The Balaban J connectivity index is 1.20. The summed E-state index contributed by atoms with van der Waals surface area (Å²) in [6.07, 6.45) is -0.242. The zero-order valence-electron chi connectivity index (χ0n) is 42.5. The molecule has 0 fully saturated rings. The van der Waals surface area contributed by atoms with Gasteiger partial charge in [0.1, 0.15) is 49.6 Å². The van der Waals surface area contributed by atoms with E-state index in [1.807, 2.05) is 6.07 Å². The zero-order chi connectivity index (χ0) is 60.0. The molecule has 0 spiro atoms. The lowest BCUT2D eigenvalue weighted by atomic mass is 10.0. The summed E-state index contributed by atoms with van der Waals surface area (Å²) >= 11 is 1.82. The molecular weight excluding hydrogens is 1220 g/mol. The summed E-state index contributed by atoms with van der Waals surface area (Å²) in [5, 5.41) is 57.9. The number of aromatic hydroxyl groups is 1. The van der Waals surface area contributed by atoms with Crippen LogP contribution in [0.15, 0.2) is 105 Å². The first-order valence-corrected chi connectivity index (χ1v) is 32.4. The van der Waals surface area contributed by atoms with E-state index in [2.05, 4.69) is 40.7 Å². The summed E-state index contributed by atoms with van der Waals surface area (Å²) in [5.74, 6) is -1.99. The van der Waals surface area contributed by atoms with Gasteiger partial charge in [0.25, 0.3) is 50.6 Å². The van der Waals surface area contributed by atoms with Crippen LogP contribution in [-0.2, 0) is 57.2 Å². The molecule has 0 atom stereocenters. The van der Waals surface area contributed by atoms with Crippen molar-refractivity contribution >= 4 is 145 Å². The maximum absolute atomic E-state index is 12.6. The van der Waals surface area contributed by atoms with Crippen LogP contribution in [0.3, 0.4) is 0 Å². The van der Waals surface area contributed by atoms with Crippen LogP contribution in [0.25, 0.3) is 37.7 Å². The summed E-state index contributed by atoms with van der Waals surface area (Å²) in [6.45, 7) is 3.51. The van der Waals surface area contributed by atoms with Crippen molar-refractivity contribution in [2.24, 2.45) is 30.7 Å². The standard InChI is InChI=1S/C46H42N10O19S7/c1-22-11-33(52-54-40-24(3)30(20-47)44-48-41-35(56(44)45(40)58)14-26(74-4)15-38(41)81(68,69)70)36(75-7-5-9-78(59,60)61)18-31(22)50-53-34-12-23(2)32(19-37(34)76-8-6-10-79(62,63)64)51-55-46-49-42-39(82(71,72)73)17-28-25(21-57)13-27(80(65,66)67)16-29(28)43(42)77-46/h11-19,57-58H,5-10,21H2,1-4H3,(H,59,60,61)(H,62,63,64)(H,65,66,67)(H,68,69,70)(H,71,72,73). The van der Waals surface area contributed by atoms with E-state index < -0.39 is 89.3 Å². The summed E-state index contributed by atoms with van der Waals surface area (Å²) in [6, 6.07) is 13.1. The molecule has 0 amide bonds. The molecular formula is C46H42N10O19S7. The van der Waals surface area contributed by atoms with Crippen LogP contribution >= 0.6 is 23.1 Å². The molecule has 0 aliphatic heterocycles. The van der Waals surface area contributed by atoms with Gasteiger partial charge in [-0.15, -0.1) is 37.3 Å². The molecule has 0 bridgehead atoms. The van der Waals surface area contributed by atoms with E-state index in [1.165, 1.54) is 44.4 Å². The number of aromatic nitrogens is 3. The Morgan fingerprint density at radius 3 is 1.91 bits per heavy atom. The molecule has 0 aliphatic carbocycles. The van der Waals surface area contributed by atoms with Crippen molar-refractivity contribution in [2.45, 2.75) is 59.8 Å². The average Bonchev–Trinajstić information content (AvgIpc) is 2.05. The first kappa shape index (κ1) is 60.8. The number of aliphatic hydroxyl groups is 1. The molecule has 36 heteroatoms. The van der Waals surface area contributed by atoms with Gasteiger partial charge in [-0.05, 0) is 97.8 Å². The number of thiazole rings is 1. The molecule has 0 saturated heterocycles. The number of azo groups is 3. The quantitative estimate of drug-likeness (QED) is 0.0152. The second kappa shape index (κ2) is 23.2. The van der Waals surface area contributed by atoms with Crippen molar-refractivity contribution in [2.75, 3.05) is 31.0 Å². The van der Waals surface area contributed by atoms with Gasteiger partial charge in [0.05, 0.1) is 64.0 Å². The lowest BCUT2D eigenvalue weighted by Crippen LogP contribution is -2.08. The van der Waals surface area contributed by atoms with Gasteiger partial charge >= 0.3 is 0 Å². The molecule has 0 saturated carbocycles. The normalized spacial score (nSPS) is 13.0. The smallest absolute Gasteiger partial charge is 0.296 e. The van der Waals surface area contributed by atoms with E-state index in [9.17, 15) is 80.3 Å². The molecule has 8 rings (SSSR count). The number of hydrogen-bond acceptors (Lipinski definition) is 25. The third-order valence-electron chi connectivity index (χ3n) is 12.0. The lowest BCUT2D eigenvalue weighted by molar-refractivity contribution is 0.283. The average molecular weight is 1260 g/mol. The number of benzene rings is 5. The Kier molecular flexibility index (Phi) is 17.2. The van der Waals surface area contributed by atoms with Gasteiger partial charge in [-0.2, -0.15) is 52.5 Å². The minimum atomic E-state index is -4.99. The monoisotopic (exact) mass is 1260 g/mol. The molecule has 29 nitrogen and oxygen atoms in total. The number of nitrogens with zero attached hydrogens (tertiary/aromatic N) is 10. The predicted molar refractivity (Wildman–Crippen MR) is 296 cm³/mol.